The van der Waals surface area contributed by atoms with Crippen molar-refractivity contribution >= 4 is 43.1 Å². The van der Waals surface area contributed by atoms with Gasteiger partial charge >= 0.3 is 6.80 Å². The van der Waals surface area contributed by atoms with Gasteiger partial charge in [-0.2, -0.15) is 0 Å². The highest BCUT2D eigenvalue weighted by molar-refractivity contribution is 8.44. The van der Waals surface area contributed by atoms with Crippen LogP contribution in [0.2, 0.25) is 0 Å². The van der Waals surface area contributed by atoms with Crippen LogP contribution >= 0.6 is 19.0 Å². The largest absolute Gasteiger partial charge is 0.390 e. The molecule has 2 unspecified atom stereocenters. The Kier molecular flexibility index (Phi) is 5.61. The van der Waals surface area contributed by atoms with E-state index in [-0.39, 0.29) is 18.8 Å². The molecular weight excluding hydrogens is 345 g/mol. The van der Waals surface area contributed by atoms with E-state index < -0.39 is 25.2 Å². The molecule has 2 rings (SSSR count). The van der Waals surface area contributed by atoms with E-state index >= 15 is 0 Å². The summed E-state index contributed by atoms with van der Waals surface area (Å²) >= 11 is 3.41. The van der Waals surface area contributed by atoms with Gasteiger partial charge in [0.1, 0.15) is 24.3 Å². The van der Waals surface area contributed by atoms with Crippen molar-refractivity contribution < 1.29 is 23.8 Å². The Balaban J connectivity index is 2.10. The molecule has 1 fully saturated rings. The quantitative estimate of drug-likeness (QED) is 0.320. The molecule has 10 nitrogen and oxygen atoms in total. The number of anilines is 2. The highest BCUT2D eigenvalue weighted by Crippen LogP contribution is 2.47. The first-order valence-corrected chi connectivity index (χ1v) is 9.29. The molecule has 0 aromatic carbocycles. The minimum Gasteiger partial charge on any atom is -0.390 e. The van der Waals surface area contributed by atoms with Gasteiger partial charge in [-0.15, -0.1) is 0 Å². The van der Waals surface area contributed by atoms with Crippen LogP contribution in [0.25, 0.3) is 0 Å². The Hall–Kier alpha value is -1.23. The summed E-state index contributed by atoms with van der Waals surface area (Å²) in [6, 6.07) is 0. The summed E-state index contributed by atoms with van der Waals surface area (Å²) in [5.41, 5.74) is 6.04. The number of rotatable bonds is 6. The lowest BCUT2D eigenvalue weighted by molar-refractivity contribution is -0.0161. The molecule has 128 valence electrons. The Morgan fingerprint density at radius 2 is 2.39 bits per heavy atom. The number of aliphatic hydroxyl groups is 1. The van der Waals surface area contributed by atoms with Crippen LogP contribution in [0.5, 0.6) is 0 Å². The Morgan fingerprint density at radius 3 is 3.00 bits per heavy atom. The van der Waals surface area contributed by atoms with E-state index in [0.717, 1.165) is 0 Å². The maximum Gasteiger partial charge on any atom is 0.383 e. The molecule has 4 N–H and O–H groups in total. The highest BCUT2D eigenvalue weighted by atomic mass is 32.7. The summed E-state index contributed by atoms with van der Waals surface area (Å²) in [5, 5.41) is 10.0. The van der Waals surface area contributed by atoms with Gasteiger partial charge in [0.2, 0.25) is 0 Å². The van der Waals surface area contributed by atoms with Gasteiger partial charge in [0.15, 0.2) is 11.6 Å². The number of hydrogen-bond donors (Lipinski definition) is 4. The zero-order valence-corrected chi connectivity index (χ0v) is 14.1. The number of nitrogens with two attached hydrogens (primary N) is 1. The fourth-order valence-electron chi connectivity index (χ4n) is 2.21. The average Bonchev–Trinajstić information content (AvgIpc) is 2.84. The van der Waals surface area contributed by atoms with Gasteiger partial charge in [-0.25, -0.2) is 14.5 Å². The van der Waals surface area contributed by atoms with Gasteiger partial charge in [-0.3, -0.25) is 9.52 Å². The average molecular weight is 363 g/mol. The number of ether oxygens (including phenoxy) is 1. The lowest BCUT2D eigenvalue weighted by Gasteiger charge is -2.26. The molecular formula is C11H18N5O5PS. The molecule has 1 aliphatic heterocycles. The fourth-order valence-corrected chi connectivity index (χ4v) is 2.75. The number of aliphatic hydroxyl groups excluding tert-OH is 1. The molecule has 0 spiro atoms. The number of aromatic nitrogens is 2. The molecule has 2 heterocycles. The normalized spacial score (nSPS) is 26.7. The first kappa shape index (κ1) is 18.1. The van der Waals surface area contributed by atoms with Gasteiger partial charge in [0.25, 0.3) is 0 Å². The van der Waals surface area contributed by atoms with Gasteiger partial charge in [-0.1, -0.05) is 12.2 Å². The first-order valence-electron chi connectivity index (χ1n) is 6.56. The van der Waals surface area contributed by atoms with Crippen molar-refractivity contribution in [1.82, 2.24) is 9.97 Å². The molecule has 1 aromatic rings. The van der Waals surface area contributed by atoms with Crippen molar-refractivity contribution in [2.45, 2.75) is 24.9 Å². The SMILES string of the molecule is C=Nc1c(N)ncnc1N(C)[C@H]1CC(O)[C@@H](COP(=O)(O)S)O1. The smallest absolute Gasteiger partial charge is 0.383 e. The summed E-state index contributed by atoms with van der Waals surface area (Å²) in [4.78, 5) is 22.4. The number of thiol groups is 1. The summed E-state index contributed by atoms with van der Waals surface area (Å²) in [5.74, 6) is 0.569. The molecule has 0 aliphatic carbocycles. The third-order valence-electron chi connectivity index (χ3n) is 3.37. The minimum absolute atomic E-state index is 0.173. The van der Waals surface area contributed by atoms with Crippen LogP contribution in [0.1, 0.15) is 6.42 Å². The second-order valence-electron chi connectivity index (χ2n) is 4.92. The number of hydrogen-bond acceptors (Lipinski definition) is 9. The van der Waals surface area contributed by atoms with Crippen LogP contribution in [-0.2, 0) is 13.8 Å². The van der Waals surface area contributed by atoms with Gasteiger partial charge in [-0.05, 0) is 6.72 Å². The van der Waals surface area contributed by atoms with E-state index in [4.69, 9.17) is 15.4 Å². The molecule has 4 atom stereocenters. The zero-order chi connectivity index (χ0) is 17.2. The molecule has 23 heavy (non-hydrogen) atoms. The monoisotopic (exact) mass is 363 g/mol. The van der Waals surface area contributed by atoms with Crippen molar-refractivity contribution in [3.8, 4) is 0 Å². The summed E-state index contributed by atoms with van der Waals surface area (Å²) in [7, 11) is 1.69. The van der Waals surface area contributed by atoms with E-state index in [0.29, 0.717) is 11.5 Å². The maximum atomic E-state index is 11.0. The van der Waals surface area contributed by atoms with Crippen LogP contribution in [0, 0.1) is 0 Å². The van der Waals surface area contributed by atoms with Crippen LogP contribution < -0.4 is 10.6 Å². The van der Waals surface area contributed by atoms with E-state index in [1.807, 2.05) is 0 Å². The highest BCUT2D eigenvalue weighted by Gasteiger charge is 2.38. The zero-order valence-electron chi connectivity index (χ0n) is 12.3. The van der Waals surface area contributed by atoms with Crippen LogP contribution in [0.3, 0.4) is 0 Å². The van der Waals surface area contributed by atoms with Crippen molar-refractivity contribution in [2.24, 2.45) is 4.99 Å². The number of aliphatic imine (C=N–C) groups is 1. The molecule has 12 heteroatoms. The van der Waals surface area contributed by atoms with E-state index in [9.17, 15) is 9.67 Å². The topological polar surface area (TPSA) is 143 Å². The molecule has 1 aromatic heterocycles. The Morgan fingerprint density at radius 1 is 1.70 bits per heavy atom. The summed E-state index contributed by atoms with van der Waals surface area (Å²) in [6.45, 7) is -0.765. The lowest BCUT2D eigenvalue weighted by atomic mass is 10.2. The van der Waals surface area contributed by atoms with Crippen molar-refractivity contribution in [3.63, 3.8) is 0 Å². The fraction of sp³-hybridized carbons (Fsp3) is 0.545. The van der Waals surface area contributed by atoms with Crippen molar-refractivity contribution in [1.29, 1.82) is 0 Å². The standard InChI is InChI=1S/C11H18N5O5PS/c1-13-9-10(12)14-5-15-11(9)16(2)8-3-6(17)7(21-8)4-20-22(18,19)23/h5-8,17H,1,3-4H2,2H3,(H2,12,14,15)(H2,18,19,23)/t6?,7-,8-/m1/s1. The second-order valence-corrected chi connectivity index (χ2v) is 7.67. The molecule has 0 amide bonds. The van der Waals surface area contributed by atoms with Gasteiger partial charge in [0.05, 0.1) is 12.7 Å². The van der Waals surface area contributed by atoms with E-state index in [1.165, 1.54) is 6.33 Å². The van der Waals surface area contributed by atoms with Crippen molar-refractivity contribution in [3.05, 3.63) is 6.33 Å². The molecule has 1 saturated heterocycles. The van der Waals surface area contributed by atoms with Crippen molar-refractivity contribution in [2.75, 3.05) is 24.3 Å². The first-order chi connectivity index (χ1) is 10.7. The van der Waals surface area contributed by atoms with Gasteiger partial charge in [0, 0.05) is 13.5 Å². The molecule has 0 saturated carbocycles. The minimum atomic E-state index is -3.94. The number of nitrogens with zero attached hydrogens (tertiary/aromatic N) is 4. The summed E-state index contributed by atoms with van der Waals surface area (Å²) < 4.78 is 21.4. The molecule has 1 aliphatic rings. The predicted octanol–water partition coefficient (Wildman–Crippen LogP) is 0.350. The second kappa shape index (κ2) is 7.12. The molecule has 0 radical (unpaired) electrons. The number of nitrogen functional groups attached to an aromatic ring is 1. The maximum absolute atomic E-state index is 11.0. The molecule has 0 bridgehead atoms. The third kappa shape index (κ3) is 4.40. The van der Waals surface area contributed by atoms with Gasteiger partial charge < -0.3 is 25.4 Å². The van der Waals surface area contributed by atoms with E-state index in [2.05, 4.69) is 38.5 Å². The Bertz CT molecular complexity index is 629. The predicted molar refractivity (Wildman–Crippen MR) is 88.1 cm³/mol. The lowest BCUT2D eigenvalue weighted by Crippen LogP contribution is -2.33. The van der Waals surface area contributed by atoms with E-state index in [1.54, 1.807) is 11.9 Å². The third-order valence-corrected chi connectivity index (χ3v) is 4.20. The van der Waals surface area contributed by atoms with Crippen LogP contribution in [-0.4, -0.2) is 58.8 Å². The van der Waals surface area contributed by atoms with Crippen LogP contribution in [0.4, 0.5) is 17.3 Å². The Labute approximate surface area is 138 Å². The van der Waals surface area contributed by atoms with Crippen LogP contribution in [0.15, 0.2) is 11.3 Å². The summed E-state index contributed by atoms with van der Waals surface area (Å²) in [6.07, 6.45) is -0.666.